The van der Waals surface area contributed by atoms with E-state index in [0.717, 1.165) is 0 Å². The third-order valence-corrected chi connectivity index (χ3v) is 5.38. The number of nitrogens with two attached hydrogens (primary N) is 2. The van der Waals surface area contributed by atoms with Crippen molar-refractivity contribution in [1.82, 2.24) is 16.0 Å². The molecular weight excluding hydrogens is 490 g/mol. The highest BCUT2D eigenvalue weighted by atomic mass is 16.4. The van der Waals surface area contributed by atoms with E-state index in [2.05, 4.69) is 16.0 Å². The lowest BCUT2D eigenvalue weighted by atomic mass is 10.0. The first kappa shape index (κ1) is 31.3. The molecular formula is C23H35N5O9. The van der Waals surface area contributed by atoms with Crippen LogP contribution in [0.3, 0.4) is 0 Å². The van der Waals surface area contributed by atoms with Crippen molar-refractivity contribution >= 4 is 29.7 Å². The Morgan fingerprint density at radius 3 is 1.86 bits per heavy atom. The number of benzene rings is 1. The highest BCUT2D eigenvalue weighted by molar-refractivity contribution is 5.94. The van der Waals surface area contributed by atoms with Gasteiger partial charge in [0, 0.05) is 12.8 Å². The summed E-state index contributed by atoms with van der Waals surface area (Å²) in [5, 5.41) is 44.2. The molecule has 0 aliphatic rings. The second-order valence-electron chi connectivity index (χ2n) is 8.40. The Balaban J connectivity index is 3.03. The van der Waals surface area contributed by atoms with Gasteiger partial charge in [-0.1, -0.05) is 12.1 Å². The average molecular weight is 526 g/mol. The number of aromatic hydroxyl groups is 1. The summed E-state index contributed by atoms with van der Waals surface area (Å²) in [6.45, 7) is -0.329. The molecule has 0 fully saturated rings. The number of hydrogen-bond donors (Lipinski definition) is 9. The number of phenols is 1. The summed E-state index contributed by atoms with van der Waals surface area (Å²) in [4.78, 5) is 60.9. The maximum absolute atomic E-state index is 13.0. The number of rotatable bonds is 17. The molecule has 0 heterocycles. The summed E-state index contributed by atoms with van der Waals surface area (Å²) in [6, 6.07) is 0.381. The zero-order valence-corrected chi connectivity index (χ0v) is 20.3. The minimum absolute atomic E-state index is 0.0239. The molecule has 0 saturated heterocycles. The minimum Gasteiger partial charge on any atom is -0.508 e. The SMILES string of the molecule is NCCCCC(NC(=O)C(N)CO)C(=O)NC(CCC(=O)O)C(=O)NC(Cc1ccc(O)cc1)C(=O)O. The van der Waals surface area contributed by atoms with Gasteiger partial charge in [-0.2, -0.15) is 0 Å². The number of amides is 3. The Bertz CT molecular complexity index is 926. The lowest BCUT2D eigenvalue weighted by Gasteiger charge is -2.25. The van der Waals surface area contributed by atoms with Crippen molar-refractivity contribution in [3.63, 3.8) is 0 Å². The molecule has 11 N–H and O–H groups in total. The first-order valence-electron chi connectivity index (χ1n) is 11.7. The van der Waals surface area contributed by atoms with Crippen molar-refractivity contribution in [3.8, 4) is 5.75 Å². The summed E-state index contributed by atoms with van der Waals surface area (Å²) < 4.78 is 0. The fourth-order valence-electron chi connectivity index (χ4n) is 3.27. The van der Waals surface area contributed by atoms with Crippen LogP contribution in [0, 0.1) is 0 Å². The summed E-state index contributed by atoms with van der Waals surface area (Å²) in [5.74, 6) is -5.18. The molecule has 1 aromatic carbocycles. The van der Waals surface area contributed by atoms with Gasteiger partial charge in [-0.25, -0.2) is 4.79 Å². The van der Waals surface area contributed by atoms with E-state index in [1.807, 2.05) is 0 Å². The third-order valence-electron chi connectivity index (χ3n) is 5.38. The molecule has 0 aliphatic heterocycles. The third kappa shape index (κ3) is 11.7. The molecule has 14 nitrogen and oxygen atoms in total. The van der Waals surface area contributed by atoms with Gasteiger partial charge in [-0.05, 0) is 49.9 Å². The van der Waals surface area contributed by atoms with Gasteiger partial charge in [0.1, 0.15) is 29.9 Å². The molecule has 0 aliphatic carbocycles. The summed E-state index contributed by atoms with van der Waals surface area (Å²) in [5.41, 5.74) is 11.5. The van der Waals surface area contributed by atoms with Gasteiger partial charge in [-0.3, -0.25) is 19.2 Å². The van der Waals surface area contributed by atoms with Crippen LogP contribution in [0.4, 0.5) is 0 Å². The number of aliphatic hydroxyl groups excluding tert-OH is 1. The van der Waals surface area contributed by atoms with E-state index in [0.29, 0.717) is 24.9 Å². The quantitative estimate of drug-likeness (QED) is 0.0985. The van der Waals surface area contributed by atoms with Crippen molar-refractivity contribution in [2.45, 2.75) is 62.7 Å². The highest BCUT2D eigenvalue weighted by Gasteiger charge is 2.30. The number of aliphatic carboxylic acids is 2. The molecule has 14 heteroatoms. The number of carboxylic acid groups (broad SMARTS) is 2. The van der Waals surface area contributed by atoms with E-state index in [1.165, 1.54) is 24.3 Å². The molecule has 1 aromatic rings. The molecule has 1 rings (SSSR count). The predicted molar refractivity (Wildman–Crippen MR) is 130 cm³/mol. The zero-order chi connectivity index (χ0) is 28.0. The summed E-state index contributed by atoms with van der Waals surface area (Å²) in [7, 11) is 0. The number of nitrogens with one attached hydrogen (secondary N) is 3. The normalized spacial score (nSPS) is 14.0. The van der Waals surface area contributed by atoms with Crippen molar-refractivity contribution in [3.05, 3.63) is 29.8 Å². The Morgan fingerprint density at radius 1 is 0.811 bits per heavy atom. The van der Waals surface area contributed by atoms with Crippen molar-refractivity contribution in [2.24, 2.45) is 11.5 Å². The molecule has 0 aromatic heterocycles. The number of carboxylic acids is 2. The van der Waals surface area contributed by atoms with Crippen LogP contribution in [0.15, 0.2) is 24.3 Å². The van der Waals surface area contributed by atoms with E-state index in [9.17, 15) is 34.2 Å². The van der Waals surface area contributed by atoms with Crippen LogP contribution in [-0.4, -0.2) is 87.4 Å². The maximum atomic E-state index is 13.0. The fraction of sp³-hybridized carbons (Fsp3) is 0.522. The number of phenolic OH excluding ortho intramolecular Hbond substituents is 1. The van der Waals surface area contributed by atoms with Gasteiger partial charge in [-0.15, -0.1) is 0 Å². The monoisotopic (exact) mass is 525 g/mol. The standard InChI is InChI=1S/C23H35N5O9/c24-10-2-1-3-16(26-20(33)15(25)12-29)21(34)27-17(8-9-19(31)32)22(35)28-18(23(36)37)11-13-4-6-14(30)7-5-13/h4-7,15-18,29-30H,1-3,8-12,24-25H2,(H,26,33)(H,27,34)(H,28,35)(H,31,32)(H,36,37). The van der Waals surface area contributed by atoms with Crippen LogP contribution >= 0.6 is 0 Å². The van der Waals surface area contributed by atoms with Gasteiger partial charge in [0.2, 0.25) is 17.7 Å². The topological polar surface area (TPSA) is 254 Å². The van der Waals surface area contributed by atoms with Crippen molar-refractivity contribution in [2.75, 3.05) is 13.2 Å². The number of carbonyl (C=O) groups excluding carboxylic acids is 3. The van der Waals surface area contributed by atoms with Crippen molar-refractivity contribution < 1.29 is 44.4 Å². The van der Waals surface area contributed by atoms with Gasteiger partial charge in [0.25, 0.3) is 0 Å². The van der Waals surface area contributed by atoms with Crippen LogP contribution in [0.25, 0.3) is 0 Å². The van der Waals surface area contributed by atoms with Gasteiger partial charge >= 0.3 is 11.9 Å². The minimum atomic E-state index is -1.43. The van der Waals surface area contributed by atoms with Crippen LogP contribution < -0.4 is 27.4 Å². The second-order valence-corrected chi connectivity index (χ2v) is 8.40. The molecule has 0 saturated carbocycles. The first-order chi connectivity index (χ1) is 17.5. The van der Waals surface area contributed by atoms with E-state index >= 15 is 0 Å². The maximum Gasteiger partial charge on any atom is 0.326 e. The van der Waals surface area contributed by atoms with Crippen LogP contribution in [0.2, 0.25) is 0 Å². The number of carbonyl (C=O) groups is 5. The molecule has 206 valence electrons. The number of aliphatic hydroxyl groups is 1. The number of hydrogen-bond acceptors (Lipinski definition) is 9. The molecule has 4 unspecified atom stereocenters. The zero-order valence-electron chi connectivity index (χ0n) is 20.3. The van der Waals surface area contributed by atoms with Crippen LogP contribution in [-0.2, 0) is 30.4 Å². The average Bonchev–Trinajstić information content (AvgIpc) is 2.85. The Kier molecular flexibility index (Phi) is 13.6. The first-order valence-corrected chi connectivity index (χ1v) is 11.7. The van der Waals surface area contributed by atoms with Crippen LogP contribution in [0.5, 0.6) is 5.75 Å². The Hall–Kier alpha value is -3.75. The van der Waals surface area contributed by atoms with Crippen molar-refractivity contribution in [1.29, 1.82) is 0 Å². The predicted octanol–water partition coefficient (Wildman–Crippen LogP) is -2.21. The number of unbranched alkanes of at least 4 members (excludes halogenated alkanes) is 1. The Labute approximate surface area is 213 Å². The van der Waals surface area contributed by atoms with Gasteiger partial charge in [0.05, 0.1) is 6.61 Å². The van der Waals surface area contributed by atoms with Gasteiger partial charge in [0.15, 0.2) is 0 Å². The molecule has 3 amide bonds. The lowest BCUT2D eigenvalue weighted by Crippen LogP contribution is -2.57. The lowest BCUT2D eigenvalue weighted by molar-refractivity contribution is -0.143. The summed E-state index contributed by atoms with van der Waals surface area (Å²) >= 11 is 0. The van der Waals surface area contributed by atoms with E-state index in [-0.39, 0.29) is 25.0 Å². The van der Waals surface area contributed by atoms with E-state index in [1.54, 1.807) is 0 Å². The van der Waals surface area contributed by atoms with Crippen LogP contribution in [0.1, 0.15) is 37.7 Å². The molecule has 37 heavy (non-hydrogen) atoms. The molecule has 0 radical (unpaired) electrons. The Morgan fingerprint density at radius 2 is 1.35 bits per heavy atom. The second kappa shape index (κ2) is 16.1. The largest absolute Gasteiger partial charge is 0.508 e. The van der Waals surface area contributed by atoms with Gasteiger partial charge < -0.3 is 47.8 Å². The molecule has 4 atom stereocenters. The van der Waals surface area contributed by atoms with E-state index < -0.39 is 66.9 Å². The summed E-state index contributed by atoms with van der Waals surface area (Å²) in [6.07, 6.45) is 0.0947. The van der Waals surface area contributed by atoms with E-state index in [4.69, 9.17) is 21.7 Å². The molecule has 0 bridgehead atoms. The highest BCUT2D eigenvalue weighted by Crippen LogP contribution is 2.12. The molecule has 0 spiro atoms. The fourth-order valence-corrected chi connectivity index (χ4v) is 3.27. The smallest absolute Gasteiger partial charge is 0.326 e.